The van der Waals surface area contributed by atoms with Gasteiger partial charge in [-0.15, -0.1) is 0 Å². The number of hydrogen-bond donors (Lipinski definition) is 2. The molecule has 2 N–H and O–H groups in total. The van der Waals surface area contributed by atoms with E-state index in [1.165, 1.54) is 6.20 Å². The molecule has 0 saturated heterocycles. The van der Waals surface area contributed by atoms with Crippen molar-refractivity contribution in [3.05, 3.63) is 48.2 Å². The first-order chi connectivity index (χ1) is 8.28. The van der Waals surface area contributed by atoms with Gasteiger partial charge in [-0.05, 0) is 29.8 Å². The number of nitrogens with one attached hydrogen (secondary N) is 1. The smallest absolute Gasteiger partial charge is 0.134 e. The van der Waals surface area contributed by atoms with Gasteiger partial charge in [-0.3, -0.25) is 0 Å². The second-order valence-corrected chi connectivity index (χ2v) is 3.60. The molecule has 0 amide bonds. The van der Waals surface area contributed by atoms with Crippen molar-refractivity contribution >= 4 is 5.82 Å². The summed E-state index contributed by atoms with van der Waals surface area (Å²) in [6.45, 7) is 0.682. The van der Waals surface area contributed by atoms with Gasteiger partial charge in [0.2, 0.25) is 0 Å². The second kappa shape index (κ2) is 5.21. The summed E-state index contributed by atoms with van der Waals surface area (Å²) in [5, 5.41) is 12.3. The van der Waals surface area contributed by atoms with Gasteiger partial charge in [0.1, 0.15) is 17.3 Å². The molecule has 0 aliphatic carbocycles. The lowest BCUT2D eigenvalue weighted by Crippen LogP contribution is -2.00. The van der Waals surface area contributed by atoms with Crippen LogP contribution in [0.25, 0.3) is 0 Å². The van der Waals surface area contributed by atoms with E-state index in [0.29, 0.717) is 6.54 Å². The average molecular weight is 230 g/mol. The normalized spacial score (nSPS) is 9.94. The van der Waals surface area contributed by atoms with Gasteiger partial charge in [0.05, 0.1) is 13.3 Å². The standard InChI is InChI=1S/C13H14N2O2/c1-17-12-5-2-10(3-6-12)8-14-13-7-4-11(16)9-15-13/h2-7,9,16H,8H2,1H3,(H,14,15). The van der Waals surface area contributed by atoms with Crippen LogP contribution in [0.3, 0.4) is 0 Å². The molecule has 2 aromatic rings. The molecule has 1 aromatic heterocycles. The Morgan fingerprint density at radius 3 is 2.53 bits per heavy atom. The van der Waals surface area contributed by atoms with Gasteiger partial charge in [0.15, 0.2) is 0 Å². The molecule has 0 fully saturated rings. The molecule has 0 atom stereocenters. The van der Waals surface area contributed by atoms with Crippen molar-refractivity contribution in [2.45, 2.75) is 6.54 Å². The minimum atomic E-state index is 0.167. The largest absolute Gasteiger partial charge is 0.506 e. The fourth-order valence-corrected chi connectivity index (χ4v) is 1.43. The van der Waals surface area contributed by atoms with Gasteiger partial charge < -0.3 is 15.2 Å². The first-order valence-electron chi connectivity index (χ1n) is 5.30. The van der Waals surface area contributed by atoms with E-state index < -0.39 is 0 Å². The van der Waals surface area contributed by atoms with Gasteiger partial charge in [0, 0.05) is 6.54 Å². The summed E-state index contributed by atoms with van der Waals surface area (Å²) in [4.78, 5) is 4.04. The van der Waals surface area contributed by atoms with E-state index in [4.69, 9.17) is 9.84 Å². The van der Waals surface area contributed by atoms with Crippen molar-refractivity contribution in [2.75, 3.05) is 12.4 Å². The molecule has 0 bridgehead atoms. The molecule has 1 heterocycles. The number of nitrogens with zero attached hydrogens (tertiary/aromatic N) is 1. The van der Waals surface area contributed by atoms with E-state index in [1.54, 1.807) is 19.2 Å². The summed E-state index contributed by atoms with van der Waals surface area (Å²) >= 11 is 0. The first kappa shape index (κ1) is 11.3. The fraction of sp³-hybridized carbons (Fsp3) is 0.154. The number of benzene rings is 1. The second-order valence-electron chi connectivity index (χ2n) is 3.60. The molecule has 4 nitrogen and oxygen atoms in total. The van der Waals surface area contributed by atoms with Crippen LogP contribution in [-0.4, -0.2) is 17.2 Å². The molecular weight excluding hydrogens is 216 g/mol. The molecule has 88 valence electrons. The predicted octanol–water partition coefficient (Wildman–Crippen LogP) is 2.41. The Morgan fingerprint density at radius 1 is 1.18 bits per heavy atom. The Morgan fingerprint density at radius 2 is 1.94 bits per heavy atom. The minimum Gasteiger partial charge on any atom is -0.506 e. The number of aromatic nitrogens is 1. The zero-order valence-electron chi connectivity index (χ0n) is 9.55. The lowest BCUT2D eigenvalue weighted by atomic mass is 10.2. The van der Waals surface area contributed by atoms with Gasteiger partial charge in [-0.25, -0.2) is 4.98 Å². The fourth-order valence-electron chi connectivity index (χ4n) is 1.43. The summed E-state index contributed by atoms with van der Waals surface area (Å²) < 4.78 is 5.08. The van der Waals surface area contributed by atoms with Gasteiger partial charge in [0.25, 0.3) is 0 Å². The van der Waals surface area contributed by atoms with Crippen LogP contribution >= 0.6 is 0 Å². The molecule has 0 saturated carbocycles. The summed E-state index contributed by atoms with van der Waals surface area (Å²) in [6.07, 6.45) is 1.41. The van der Waals surface area contributed by atoms with E-state index in [2.05, 4.69) is 10.3 Å². The number of methoxy groups -OCH3 is 1. The quantitative estimate of drug-likeness (QED) is 0.846. The number of hydrogen-bond acceptors (Lipinski definition) is 4. The maximum atomic E-state index is 9.10. The Balaban J connectivity index is 1.95. The third-order valence-corrected chi connectivity index (χ3v) is 2.38. The van der Waals surface area contributed by atoms with Crippen molar-refractivity contribution in [3.63, 3.8) is 0 Å². The van der Waals surface area contributed by atoms with E-state index in [1.807, 2.05) is 24.3 Å². The molecule has 17 heavy (non-hydrogen) atoms. The molecular formula is C13H14N2O2. The van der Waals surface area contributed by atoms with E-state index >= 15 is 0 Å². The zero-order chi connectivity index (χ0) is 12.1. The molecule has 1 aromatic carbocycles. The number of aromatic hydroxyl groups is 1. The van der Waals surface area contributed by atoms with Crippen LogP contribution in [0, 0.1) is 0 Å². The molecule has 0 aliphatic rings. The average Bonchev–Trinajstić information content (AvgIpc) is 2.39. The molecule has 4 heteroatoms. The number of rotatable bonds is 4. The van der Waals surface area contributed by atoms with Crippen molar-refractivity contribution in [2.24, 2.45) is 0 Å². The SMILES string of the molecule is COc1ccc(CNc2ccc(O)cn2)cc1. The lowest BCUT2D eigenvalue weighted by molar-refractivity contribution is 0.414. The van der Waals surface area contributed by atoms with E-state index in [9.17, 15) is 0 Å². The van der Waals surface area contributed by atoms with Crippen molar-refractivity contribution in [1.82, 2.24) is 4.98 Å². The minimum absolute atomic E-state index is 0.167. The van der Waals surface area contributed by atoms with Gasteiger partial charge >= 0.3 is 0 Å². The highest BCUT2D eigenvalue weighted by atomic mass is 16.5. The van der Waals surface area contributed by atoms with Crippen LogP contribution in [0.15, 0.2) is 42.6 Å². The molecule has 0 radical (unpaired) electrons. The topological polar surface area (TPSA) is 54.4 Å². The lowest BCUT2D eigenvalue weighted by Gasteiger charge is -2.06. The predicted molar refractivity (Wildman–Crippen MR) is 66.2 cm³/mol. The third-order valence-electron chi connectivity index (χ3n) is 2.38. The van der Waals surface area contributed by atoms with Crippen molar-refractivity contribution < 1.29 is 9.84 Å². The number of anilines is 1. The van der Waals surface area contributed by atoms with Crippen LogP contribution in [-0.2, 0) is 6.54 Å². The third kappa shape index (κ3) is 3.11. The highest BCUT2D eigenvalue weighted by Gasteiger charge is 1.96. The Labute approximate surface area is 99.9 Å². The molecule has 0 spiro atoms. The maximum absolute atomic E-state index is 9.10. The summed E-state index contributed by atoms with van der Waals surface area (Å²) in [6, 6.07) is 11.2. The highest BCUT2D eigenvalue weighted by Crippen LogP contribution is 2.13. The van der Waals surface area contributed by atoms with Crippen LogP contribution in [0.1, 0.15) is 5.56 Å². The van der Waals surface area contributed by atoms with Crippen LogP contribution in [0.2, 0.25) is 0 Å². The van der Waals surface area contributed by atoms with E-state index in [0.717, 1.165) is 17.1 Å². The van der Waals surface area contributed by atoms with Crippen molar-refractivity contribution in [3.8, 4) is 11.5 Å². The van der Waals surface area contributed by atoms with Crippen LogP contribution in [0.4, 0.5) is 5.82 Å². The van der Waals surface area contributed by atoms with Crippen LogP contribution < -0.4 is 10.1 Å². The molecule has 0 aliphatic heterocycles. The van der Waals surface area contributed by atoms with Gasteiger partial charge in [-0.1, -0.05) is 12.1 Å². The van der Waals surface area contributed by atoms with E-state index in [-0.39, 0.29) is 5.75 Å². The number of ether oxygens (including phenoxy) is 1. The Bertz CT molecular complexity index is 466. The summed E-state index contributed by atoms with van der Waals surface area (Å²) in [5.74, 6) is 1.75. The Hall–Kier alpha value is -2.23. The monoisotopic (exact) mass is 230 g/mol. The summed E-state index contributed by atoms with van der Waals surface area (Å²) in [7, 11) is 1.65. The van der Waals surface area contributed by atoms with Crippen LogP contribution in [0.5, 0.6) is 11.5 Å². The number of pyridine rings is 1. The maximum Gasteiger partial charge on any atom is 0.134 e. The van der Waals surface area contributed by atoms with Crippen molar-refractivity contribution in [1.29, 1.82) is 0 Å². The first-order valence-corrected chi connectivity index (χ1v) is 5.30. The zero-order valence-corrected chi connectivity index (χ0v) is 9.55. The Kier molecular flexibility index (Phi) is 3.45. The highest BCUT2D eigenvalue weighted by molar-refractivity contribution is 5.38. The molecule has 0 unspecified atom stereocenters. The van der Waals surface area contributed by atoms with Gasteiger partial charge in [-0.2, -0.15) is 0 Å². The molecule has 2 rings (SSSR count). The summed E-state index contributed by atoms with van der Waals surface area (Å²) in [5.41, 5.74) is 1.14.